The Morgan fingerprint density at radius 3 is 2.61 bits per heavy atom. The highest BCUT2D eigenvalue weighted by Crippen LogP contribution is 2.31. The number of amides is 3. The molecule has 122 valence electrons. The molecule has 3 amide bonds. The summed E-state index contributed by atoms with van der Waals surface area (Å²) < 4.78 is 0. The van der Waals surface area contributed by atoms with E-state index in [4.69, 9.17) is 0 Å². The monoisotopic (exact) mass is 332 g/mol. The fraction of sp³-hybridized carbons (Fsp3) is 0.353. The van der Waals surface area contributed by atoms with Gasteiger partial charge in [0.1, 0.15) is 6.54 Å². The summed E-state index contributed by atoms with van der Waals surface area (Å²) in [6.45, 7) is 4.45. The number of benzene rings is 1. The molecule has 0 aliphatic carbocycles. The van der Waals surface area contributed by atoms with Gasteiger partial charge in [-0.2, -0.15) is 0 Å². The number of carbonyl (C=O) groups excluding carboxylic acids is 3. The first-order valence-corrected chi connectivity index (χ1v) is 8.36. The fourth-order valence-corrected chi connectivity index (χ4v) is 2.87. The van der Waals surface area contributed by atoms with E-state index in [0.29, 0.717) is 17.4 Å². The molecule has 0 saturated carbocycles. The smallest absolute Gasteiger partial charge is 0.294 e. The Balaban J connectivity index is 1.96. The summed E-state index contributed by atoms with van der Waals surface area (Å²) in [5.74, 6) is -0.238. The predicted octanol–water partition coefficient (Wildman–Crippen LogP) is 2.89. The minimum Gasteiger partial charge on any atom is -0.355 e. The molecule has 0 spiro atoms. The minimum atomic E-state index is -0.414. The summed E-state index contributed by atoms with van der Waals surface area (Å²) in [5.41, 5.74) is 0.847. The summed E-state index contributed by atoms with van der Waals surface area (Å²) in [7, 11) is 0. The Morgan fingerprint density at radius 1 is 1.26 bits per heavy atom. The summed E-state index contributed by atoms with van der Waals surface area (Å²) in [6, 6.07) is 9.31. The third-order valence-electron chi connectivity index (χ3n) is 3.32. The highest BCUT2D eigenvalue weighted by Gasteiger charge is 2.36. The zero-order valence-electron chi connectivity index (χ0n) is 13.2. The van der Waals surface area contributed by atoms with Gasteiger partial charge in [0.05, 0.1) is 4.91 Å². The van der Waals surface area contributed by atoms with E-state index in [-0.39, 0.29) is 12.5 Å². The quantitative estimate of drug-likeness (QED) is 0.814. The number of thioether (sulfide) groups is 1. The second-order valence-corrected chi connectivity index (χ2v) is 6.70. The van der Waals surface area contributed by atoms with Crippen LogP contribution in [0.5, 0.6) is 0 Å². The Bertz CT molecular complexity index is 626. The van der Waals surface area contributed by atoms with Crippen LogP contribution in [-0.4, -0.2) is 35.0 Å². The molecule has 0 radical (unpaired) electrons. The standard InChI is InChI=1S/C17H20N2O3S/c1-12(2)8-9-18-15(20)11-19-16(21)14(23-17(19)22)10-13-6-4-3-5-7-13/h3-7,10,12H,8-9,11H2,1-2H3,(H,18,20)/b14-10+. The van der Waals surface area contributed by atoms with Crippen molar-refractivity contribution in [1.82, 2.24) is 10.2 Å². The third-order valence-corrected chi connectivity index (χ3v) is 4.22. The molecule has 23 heavy (non-hydrogen) atoms. The molecule has 0 aromatic heterocycles. The van der Waals surface area contributed by atoms with Gasteiger partial charge in [-0.3, -0.25) is 19.3 Å². The van der Waals surface area contributed by atoms with Crippen LogP contribution in [0.2, 0.25) is 0 Å². The Hall–Kier alpha value is -2.08. The second kappa shape index (κ2) is 7.97. The van der Waals surface area contributed by atoms with Crippen LogP contribution in [0.15, 0.2) is 35.2 Å². The molecule has 1 saturated heterocycles. The minimum absolute atomic E-state index is 0.227. The van der Waals surface area contributed by atoms with E-state index < -0.39 is 11.1 Å². The fourth-order valence-electron chi connectivity index (χ4n) is 2.04. The van der Waals surface area contributed by atoms with E-state index in [9.17, 15) is 14.4 Å². The van der Waals surface area contributed by atoms with Crippen molar-refractivity contribution >= 4 is 34.9 Å². The Labute approximate surface area is 140 Å². The van der Waals surface area contributed by atoms with Crippen molar-refractivity contribution in [3.05, 3.63) is 40.8 Å². The lowest BCUT2D eigenvalue weighted by Crippen LogP contribution is -2.40. The van der Waals surface area contributed by atoms with Gasteiger partial charge >= 0.3 is 0 Å². The van der Waals surface area contributed by atoms with Gasteiger partial charge in [0, 0.05) is 6.54 Å². The molecule has 1 fully saturated rings. The molecule has 1 heterocycles. The van der Waals surface area contributed by atoms with Crippen LogP contribution in [-0.2, 0) is 9.59 Å². The van der Waals surface area contributed by atoms with Gasteiger partial charge in [-0.25, -0.2) is 0 Å². The molecule has 1 aliphatic heterocycles. The van der Waals surface area contributed by atoms with Crippen molar-refractivity contribution < 1.29 is 14.4 Å². The van der Waals surface area contributed by atoms with E-state index in [1.54, 1.807) is 6.08 Å². The van der Waals surface area contributed by atoms with Crippen molar-refractivity contribution in [3.8, 4) is 0 Å². The van der Waals surface area contributed by atoms with E-state index >= 15 is 0 Å². The highest BCUT2D eigenvalue weighted by atomic mass is 32.2. The average Bonchev–Trinajstić information content (AvgIpc) is 2.75. The van der Waals surface area contributed by atoms with Gasteiger partial charge in [-0.05, 0) is 35.7 Å². The molecule has 6 heteroatoms. The van der Waals surface area contributed by atoms with Crippen LogP contribution in [0.1, 0.15) is 25.8 Å². The number of nitrogens with zero attached hydrogens (tertiary/aromatic N) is 1. The highest BCUT2D eigenvalue weighted by molar-refractivity contribution is 8.18. The Morgan fingerprint density at radius 2 is 1.96 bits per heavy atom. The van der Waals surface area contributed by atoms with Gasteiger partial charge in [0.15, 0.2) is 0 Å². The average molecular weight is 332 g/mol. The molecule has 2 rings (SSSR count). The molecule has 1 aliphatic rings. The maximum atomic E-state index is 12.3. The van der Waals surface area contributed by atoms with E-state index in [2.05, 4.69) is 19.2 Å². The lowest BCUT2D eigenvalue weighted by molar-refractivity contribution is -0.129. The topological polar surface area (TPSA) is 66.5 Å². The molecule has 5 nitrogen and oxygen atoms in total. The lowest BCUT2D eigenvalue weighted by atomic mass is 10.1. The maximum Gasteiger partial charge on any atom is 0.294 e. The normalized spacial score (nSPS) is 16.5. The SMILES string of the molecule is CC(C)CCNC(=O)CN1C(=O)S/C(=C/c2ccccc2)C1=O. The molecule has 0 bridgehead atoms. The largest absolute Gasteiger partial charge is 0.355 e. The maximum absolute atomic E-state index is 12.3. The summed E-state index contributed by atoms with van der Waals surface area (Å²) in [6.07, 6.45) is 2.53. The van der Waals surface area contributed by atoms with E-state index in [1.165, 1.54) is 0 Å². The second-order valence-electron chi connectivity index (χ2n) is 5.71. The first kappa shape index (κ1) is 17.3. The first-order chi connectivity index (χ1) is 11.0. The number of hydrogen-bond acceptors (Lipinski definition) is 4. The lowest BCUT2D eigenvalue weighted by Gasteiger charge is -2.13. The van der Waals surface area contributed by atoms with E-state index in [0.717, 1.165) is 28.6 Å². The molecule has 1 aromatic carbocycles. The Kier molecular flexibility index (Phi) is 5.98. The van der Waals surface area contributed by atoms with Crippen LogP contribution < -0.4 is 5.32 Å². The van der Waals surface area contributed by atoms with E-state index in [1.807, 2.05) is 30.3 Å². The van der Waals surface area contributed by atoms with Crippen LogP contribution in [0.4, 0.5) is 4.79 Å². The molecule has 0 unspecified atom stereocenters. The van der Waals surface area contributed by atoms with Gasteiger partial charge in [-0.15, -0.1) is 0 Å². The summed E-state index contributed by atoms with van der Waals surface area (Å²) >= 11 is 0.866. The van der Waals surface area contributed by atoms with Crippen molar-refractivity contribution in [1.29, 1.82) is 0 Å². The van der Waals surface area contributed by atoms with Crippen molar-refractivity contribution in [2.75, 3.05) is 13.1 Å². The number of carbonyl (C=O) groups is 3. The van der Waals surface area contributed by atoms with Crippen molar-refractivity contribution in [2.45, 2.75) is 20.3 Å². The van der Waals surface area contributed by atoms with Crippen LogP contribution in [0.3, 0.4) is 0 Å². The van der Waals surface area contributed by atoms with Crippen molar-refractivity contribution in [3.63, 3.8) is 0 Å². The van der Waals surface area contributed by atoms with Crippen LogP contribution in [0, 0.1) is 5.92 Å². The summed E-state index contributed by atoms with van der Waals surface area (Å²) in [4.78, 5) is 37.4. The van der Waals surface area contributed by atoms with Crippen LogP contribution in [0.25, 0.3) is 6.08 Å². The molecule has 0 atom stereocenters. The number of rotatable bonds is 6. The molecular formula is C17H20N2O3S. The van der Waals surface area contributed by atoms with Gasteiger partial charge < -0.3 is 5.32 Å². The van der Waals surface area contributed by atoms with Gasteiger partial charge in [-0.1, -0.05) is 44.2 Å². The van der Waals surface area contributed by atoms with Gasteiger partial charge in [0.25, 0.3) is 11.1 Å². The zero-order chi connectivity index (χ0) is 16.8. The number of nitrogens with one attached hydrogen (secondary N) is 1. The molecule has 1 aromatic rings. The predicted molar refractivity (Wildman–Crippen MR) is 91.6 cm³/mol. The summed E-state index contributed by atoms with van der Waals surface area (Å²) in [5, 5.41) is 2.33. The number of imide groups is 1. The number of hydrogen-bond donors (Lipinski definition) is 1. The first-order valence-electron chi connectivity index (χ1n) is 7.54. The van der Waals surface area contributed by atoms with Gasteiger partial charge in [0.2, 0.25) is 5.91 Å². The third kappa shape index (κ3) is 4.96. The molecular weight excluding hydrogens is 312 g/mol. The molecule has 1 N–H and O–H groups in total. The van der Waals surface area contributed by atoms with Crippen LogP contribution >= 0.6 is 11.8 Å². The zero-order valence-corrected chi connectivity index (χ0v) is 14.1. The van der Waals surface area contributed by atoms with Crippen molar-refractivity contribution in [2.24, 2.45) is 5.92 Å².